The molecule has 4 heteroatoms. The molecule has 106 valence electrons. The molecular weight excluding hydrogens is 228 g/mol. The number of rotatable bonds is 3. The molecule has 1 amide bonds. The van der Waals surface area contributed by atoms with E-state index in [4.69, 9.17) is 4.74 Å². The third kappa shape index (κ3) is 5.25. The molecule has 4 nitrogen and oxygen atoms in total. The summed E-state index contributed by atoms with van der Waals surface area (Å²) in [4.78, 5) is 14.0. The first-order valence-electron chi connectivity index (χ1n) is 7.02. The van der Waals surface area contributed by atoms with Gasteiger partial charge < -0.3 is 15.0 Å². The lowest BCUT2D eigenvalue weighted by atomic mass is 10.0. The number of hydrogen-bond donors (Lipinski definition) is 1. The van der Waals surface area contributed by atoms with E-state index in [1.165, 1.54) is 6.42 Å². The second kappa shape index (κ2) is 6.41. The largest absolute Gasteiger partial charge is 0.444 e. The van der Waals surface area contributed by atoms with E-state index < -0.39 is 5.60 Å². The highest BCUT2D eigenvalue weighted by molar-refractivity contribution is 5.68. The summed E-state index contributed by atoms with van der Waals surface area (Å²) < 4.78 is 5.47. The minimum atomic E-state index is -0.412. The molecule has 0 spiro atoms. The van der Waals surface area contributed by atoms with Crippen molar-refractivity contribution in [2.75, 3.05) is 13.1 Å². The molecule has 1 atom stereocenters. The van der Waals surface area contributed by atoms with Crippen molar-refractivity contribution in [3.05, 3.63) is 0 Å². The van der Waals surface area contributed by atoms with Gasteiger partial charge in [0.25, 0.3) is 0 Å². The van der Waals surface area contributed by atoms with Crippen molar-refractivity contribution in [1.29, 1.82) is 0 Å². The normalized spacial score (nSPS) is 21.2. The van der Waals surface area contributed by atoms with Crippen LogP contribution >= 0.6 is 0 Å². The molecule has 1 aliphatic rings. The summed E-state index contributed by atoms with van der Waals surface area (Å²) >= 11 is 0. The third-order valence-corrected chi connectivity index (χ3v) is 3.02. The van der Waals surface area contributed by atoms with Crippen molar-refractivity contribution < 1.29 is 9.53 Å². The molecule has 1 heterocycles. The number of ether oxygens (including phenoxy) is 1. The zero-order valence-electron chi connectivity index (χ0n) is 12.5. The SMILES string of the molecule is CC(C)NC[C@@H]1CCCCN1C(=O)OC(C)(C)C. The highest BCUT2D eigenvalue weighted by atomic mass is 16.6. The van der Waals surface area contributed by atoms with Crippen LogP contribution < -0.4 is 5.32 Å². The maximum absolute atomic E-state index is 12.1. The molecule has 0 aromatic heterocycles. The van der Waals surface area contributed by atoms with Crippen molar-refractivity contribution >= 4 is 6.09 Å². The predicted octanol–water partition coefficient (Wildman–Crippen LogP) is 2.77. The Hall–Kier alpha value is -0.770. The van der Waals surface area contributed by atoms with Gasteiger partial charge in [-0.25, -0.2) is 4.79 Å². The van der Waals surface area contributed by atoms with E-state index in [0.29, 0.717) is 6.04 Å². The fraction of sp³-hybridized carbons (Fsp3) is 0.929. The second-order valence-corrected chi connectivity index (χ2v) is 6.39. The zero-order valence-corrected chi connectivity index (χ0v) is 12.5. The summed E-state index contributed by atoms with van der Waals surface area (Å²) in [6, 6.07) is 0.725. The predicted molar refractivity (Wildman–Crippen MR) is 73.7 cm³/mol. The minimum absolute atomic E-state index is 0.169. The molecule has 1 fully saturated rings. The molecular formula is C14H28N2O2. The number of nitrogens with one attached hydrogen (secondary N) is 1. The van der Waals surface area contributed by atoms with E-state index in [-0.39, 0.29) is 12.1 Å². The van der Waals surface area contributed by atoms with E-state index >= 15 is 0 Å². The lowest BCUT2D eigenvalue weighted by Crippen LogP contribution is -2.50. The van der Waals surface area contributed by atoms with Gasteiger partial charge >= 0.3 is 6.09 Å². The van der Waals surface area contributed by atoms with Gasteiger partial charge in [-0.2, -0.15) is 0 Å². The van der Waals surface area contributed by atoms with E-state index in [0.717, 1.165) is 25.9 Å². The Balaban J connectivity index is 2.55. The van der Waals surface area contributed by atoms with Crippen LogP contribution in [0.1, 0.15) is 53.9 Å². The van der Waals surface area contributed by atoms with Crippen molar-refractivity contribution in [2.24, 2.45) is 0 Å². The highest BCUT2D eigenvalue weighted by Crippen LogP contribution is 2.20. The summed E-state index contributed by atoms with van der Waals surface area (Å²) in [5, 5.41) is 3.41. The summed E-state index contributed by atoms with van der Waals surface area (Å²) in [5.74, 6) is 0. The molecule has 0 bridgehead atoms. The molecule has 1 saturated heterocycles. The molecule has 0 unspecified atom stereocenters. The van der Waals surface area contributed by atoms with Gasteiger partial charge in [-0.05, 0) is 40.0 Å². The van der Waals surface area contributed by atoms with Gasteiger partial charge in [-0.1, -0.05) is 13.8 Å². The van der Waals surface area contributed by atoms with Crippen LogP contribution in [-0.4, -0.2) is 41.8 Å². The summed E-state index contributed by atoms with van der Waals surface area (Å²) in [5.41, 5.74) is -0.412. The number of nitrogens with zero attached hydrogens (tertiary/aromatic N) is 1. The van der Waals surface area contributed by atoms with Crippen LogP contribution in [0.15, 0.2) is 0 Å². The average Bonchev–Trinajstić information content (AvgIpc) is 2.24. The fourth-order valence-electron chi connectivity index (χ4n) is 2.15. The van der Waals surface area contributed by atoms with Gasteiger partial charge in [0, 0.05) is 25.2 Å². The van der Waals surface area contributed by atoms with Crippen molar-refractivity contribution in [2.45, 2.75) is 71.6 Å². The van der Waals surface area contributed by atoms with Gasteiger partial charge in [-0.15, -0.1) is 0 Å². The van der Waals surface area contributed by atoms with Crippen LogP contribution in [0.4, 0.5) is 4.79 Å². The van der Waals surface area contributed by atoms with Crippen LogP contribution in [-0.2, 0) is 4.74 Å². The average molecular weight is 256 g/mol. The summed E-state index contributed by atoms with van der Waals surface area (Å²) in [7, 11) is 0. The van der Waals surface area contributed by atoms with Gasteiger partial charge in [0.05, 0.1) is 0 Å². The molecule has 1 N–H and O–H groups in total. The summed E-state index contributed by atoms with van der Waals surface area (Å²) in [6.07, 6.45) is 3.18. The molecule has 1 rings (SSSR count). The first-order valence-corrected chi connectivity index (χ1v) is 7.02. The topological polar surface area (TPSA) is 41.6 Å². The minimum Gasteiger partial charge on any atom is -0.444 e. The molecule has 1 aliphatic heterocycles. The number of carbonyl (C=O) groups is 1. The van der Waals surface area contributed by atoms with Crippen LogP contribution in [0.2, 0.25) is 0 Å². The van der Waals surface area contributed by atoms with E-state index in [2.05, 4.69) is 19.2 Å². The molecule has 0 aromatic rings. The molecule has 18 heavy (non-hydrogen) atoms. The first-order chi connectivity index (χ1) is 8.29. The Morgan fingerprint density at radius 2 is 2.06 bits per heavy atom. The van der Waals surface area contributed by atoms with E-state index in [1.54, 1.807) is 0 Å². The lowest BCUT2D eigenvalue weighted by Gasteiger charge is -2.37. The van der Waals surface area contributed by atoms with Crippen molar-refractivity contribution in [3.8, 4) is 0 Å². The Morgan fingerprint density at radius 1 is 1.39 bits per heavy atom. The Kier molecular flexibility index (Phi) is 5.45. The Bertz CT molecular complexity index is 271. The fourth-order valence-corrected chi connectivity index (χ4v) is 2.15. The third-order valence-electron chi connectivity index (χ3n) is 3.02. The lowest BCUT2D eigenvalue weighted by molar-refractivity contribution is 0.00975. The van der Waals surface area contributed by atoms with Crippen molar-refractivity contribution in [3.63, 3.8) is 0 Å². The zero-order chi connectivity index (χ0) is 13.8. The maximum atomic E-state index is 12.1. The smallest absolute Gasteiger partial charge is 0.410 e. The second-order valence-electron chi connectivity index (χ2n) is 6.39. The van der Waals surface area contributed by atoms with Gasteiger partial charge in [0.15, 0.2) is 0 Å². The van der Waals surface area contributed by atoms with Crippen LogP contribution in [0, 0.1) is 0 Å². The number of carbonyl (C=O) groups excluding carboxylic acids is 1. The molecule has 0 saturated carbocycles. The van der Waals surface area contributed by atoms with Crippen LogP contribution in [0.3, 0.4) is 0 Å². The summed E-state index contributed by atoms with van der Waals surface area (Å²) in [6.45, 7) is 11.7. The van der Waals surface area contributed by atoms with E-state index in [9.17, 15) is 4.79 Å². The standard InChI is InChI=1S/C14H28N2O2/c1-11(2)15-10-12-8-6-7-9-16(12)13(17)18-14(3,4)5/h11-12,15H,6-10H2,1-5H3/t12-/m0/s1. The Morgan fingerprint density at radius 3 is 2.61 bits per heavy atom. The quantitative estimate of drug-likeness (QED) is 0.844. The molecule has 0 aromatic carbocycles. The first kappa shape index (κ1) is 15.3. The number of amides is 1. The number of likely N-dealkylation sites (tertiary alicyclic amines) is 1. The van der Waals surface area contributed by atoms with Crippen LogP contribution in [0.5, 0.6) is 0 Å². The van der Waals surface area contributed by atoms with E-state index in [1.807, 2.05) is 25.7 Å². The molecule has 0 radical (unpaired) electrons. The van der Waals surface area contributed by atoms with Gasteiger partial charge in [-0.3, -0.25) is 0 Å². The van der Waals surface area contributed by atoms with Gasteiger partial charge in [0.1, 0.15) is 5.60 Å². The van der Waals surface area contributed by atoms with Crippen LogP contribution in [0.25, 0.3) is 0 Å². The highest BCUT2D eigenvalue weighted by Gasteiger charge is 2.30. The monoisotopic (exact) mass is 256 g/mol. The maximum Gasteiger partial charge on any atom is 0.410 e. The van der Waals surface area contributed by atoms with Crippen molar-refractivity contribution in [1.82, 2.24) is 10.2 Å². The number of hydrogen-bond acceptors (Lipinski definition) is 3. The molecule has 0 aliphatic carbocycles. The number of piperidine rings is 1. The Labute approximate surface area is 111 Å². The van der Waals surface area contributed by atoms with Gasteiger partial charge in [0.2, 0.25) is 0 Å².